The molecule has 1 aliphatic rings. The van der Waals surface area contributed by atoms with Crippen molar-refractivity contribution in [1.29, 1.82) is 0 Å². The Balaban J connectivity index is 2.73. The van der Waals surface area contributed by atoms with Crippen LogP contribution in [-0.4, -0.2) is 41.8 Å². The summed E-state index contributed by atoms with van der Waals surface area (Å²) < 4.78 is 37.1. The van der Waals surface area contributed by atoms with Crippen molar-refractivity contribution in [3.8, 4) is 0 Å². The first-order valence-electron chi connectivity index (χ1n) is 5.09. The number of hydrogen-bond donors (Lipinski definition) is 1. The van der Waals surface area contributed by atoms with E-state index in [2.05, 4.69) is 5.32 Å². The molecule has 15 heavy (non-hydrogen) atoms. The van der Waals surface area contributed by atoms with E-state index in [1.165, 1.54) is 4.90 Å². The van der Waals surface area contributed by atoms with Crippen molar-refractivity contribution in [1.82, 2.24) is 10.2 Å². The molecule has 0 amide bonds. The molecular weight excluding hydrogens is 205 g/mol. The lowest BCUT2D eigenvalue weighted by Gasteiger charge is -2.49. The molecule has 0 saturated carbocycles. The molecule has 0 aliphatic carbocycles. The zero-order valence-corrected chi connectivity index (χ0v) is 9.70. The van der Waals surface area contributed by atoms with Crippen LogP contribution in [0.4, 0.5) is 13.2 Å². The van der Waals surface area contributed by atoms with Gasteiger partial charge >= 0.3 is 6.18 Å². The third-order valence-corrected chi connectivity index (χ3v) is 2.81. The maximum absolute atomic E-state index is 12.4. The SMILES string of the molecule is CC1(C)CN(CC(F)(F)F)C(C)(C)CN1. The Hall–Kier alpha value is -0.290. The minimum Gasteiger partial charge on any atom is -0.309 e. The molecule has 2 nitrogen and oxygen atoms in total. The van der Waals surface area contributed by atoms with Gasteiger partial charge in [-0.05, 0) is 27.7 Å². The van der Waals surface area contributed by atoms with Gasteiger partial charge in [0.05, 0.1) is 6.54 Å². The predicted molar refractivity (Wildman–Crippen MR) is 53.8 cm³/mol. The Kier molecular flexibility index (Phi) is 3.09. The summed E-state index contributed by atoms with van der Waals surface area (Å²) in [6, 6.07) is 0. The Morgan fingerprint density at radius 2 is 1.73 bits per heavy atom. The zero-order chi connectivity index (χ0) is 11.9. The van der Waals surface area contributed by atoms with Gasteiger partial charge in [-0.3, -0.25) is 4.90 Å². The summed E-state index contributed by atoms with van der Waals surface area (Å²) in [7, 11) is 0. The molecule has 1 saturated heterocycles. The molecule has 0 aromatic heterocycles. The van der Waals surface area contributed by atoms with Crippen molar-refractivity contribution in [3.63, 3.8) is 0 Å². The van der Waals surface area contributed by atoms with E-state index in [0.717, 1.165) is 0 Å². The van der Waals surface area contributed by atoms with Gasteiger partial charge in [-0.15, -0.1) is 0 Å². The smallest absolute Gasteiger partial charge is 0.309 e. The number of nitrogens with zero attached hydrogens (tertiary/aromatic N) is 1. The van der Waals surface area contributed by atoms with Gasteiger partial charge in [-0.1, -0.05) is 0 Å². The highest BCUT2D eigenvalue weighted by atomic mass is 19.4. The zero-order valence-electron chi connectivity index (χ0n) is 9.70. The minimum atomic E-state index is -4.12. The number of rotatable bonds is 1. The topological polar surface area (TPSA) is 15.3 Å². The molecule has 0 aromatic carbocycles. The van der Waals surface area contributed by atoms with E-state index in [0.29, 0.717) is 13.1 Å². The van der Waals surface area contributed by atoms with Crippen LogP contribution in [0.2, 0.25) is 0 Å². The van der Waals surface area contributed by atoms with Gasteiger partial charge in [-0.25, -0.2) is 0 Å². The molecule has 0 bridgehead atoms. The van der Waals surface area contributed by atoms with E-state index in [1.54, 1.807) is 0 Å². The molecule has 1 aliphatic heterocycles. The van der Waals surface area contributed by atoms with Crippen molar-refractivity contribution >= 4 is 0 Å². The quantitative estimate of drug-likeness (QED) is 0.733. The summed E-state index contributed by atoms with van der Waals surface area (Å²) in [6.07, 6.45) is -4.12. The fourth-order valence-electron chi connectivity index (χ4n) is 1.80. The maximum Gasteiger partial charge on any atom is 0.401 e. The normalized spacial score (nSPS) is 26.6. The second-order valence-electron chi connectivity index (χ2n) is 5.52. The van der Waals surface area contributed by atoms with Gasteiger partial charge in [0.25, 0.3) is 0 Å². The lowest BCUT2D eigenvalue weighted by atomic mass is 9.91. The first-order chi connectivity index (χ1) is 6.52. The summed E-state index contributed by atoms with van der Waals surface area (Å²) in [4.78, 5) is 1.50. The Bertz CT molecular complexity index is 231. The predicted octanol–water partition coefficient (Wildman–Crippen LogP) is 2.01. The average Bonchev–Trinajstić information content (AvgIpc) is 1.95. The summed E-state index contributed by atoms with van der Waals surface area (Å²) in [6.45, 7) is 7.68. The van der Waals surface area contributed by atoms with Crippen LogP contribution in [0.5, 0.6) is 0 Å². The van der Waals surface area contributed by atoms with E-state index in [-0.39, 0.29) is 5.54 Å². The highest BCUT2D eigenvalue weighted by Gasteiger charge is 2.42. The van der Waals surface area contributed by atoms with Crippen molar-refractivity contribution < 1.29 is 13.2 Å². The van der Waals surface area contributed by atoms with E-state index >= 15 is 0 Å². The molecular formula is C10H19F3N2. The fraction of sp³-hybridized carbons (Fsp3) is 1.00. The number of halogens is 3. The van der Waals surface area contributed by atoms with Gasteiger partial charge in [0.15, 0.2) is 0 Å². The first kappa shape index (κ1) is 12.8. The highest BCUT2D eigenvalue weighted by Crippen LogP contribution is 2.27. The van der Waals surface area contributed by atoms with Gasteiger partial charge in [0.2, 0.25) is 0 Å². The molecule has 1 N–H and O–H groups in total. The Labute approximate surface area is 88.8 Å². The van der Waals surface area contributed by atoms with Crippen LogP contribution in [0.25, 0.3) is 0 Å². The molecule has 1 heterocycles. The monoisotopic (exact) mass is 224 g/mol. The Morgan fingerprint density at radius 1 is 1.20 bits per heavy atom. The van der Waals surface area contributed by atoms with Crippen LogP contribution < -0.4 is 5.32 Å². The van der Waals surface area contributed by atoms with E-state index in [9.17, 15) is 13.2 Å². The highest BCUT2D eigenvalue weighted by molar-refractivity contribution is 4.97. The van der Waals surface area contributed by atoms with Crippen molar-refractivity contribution in [2.24, 2.45) is 0 Å². The fourth-order valence-corrected chi connectivity index (χ4v) is 1.80. The van der Waals surface area contributed by atoms with Crippen LogP contribution >= 0.6 is 0 Å². The lowest BCUT2D eigenvalue weighted by molar-refractivity contribution is -0.164. The number of alkyl halides is 3. The van der Waals surface area contributed by atoms with E-state index in [4.69, 9.17) is 0 Å². The molecule has 0 atom stereocenters. The van der Waals surface area contributed by atoms with Gasteiger partial charge in [0, 0.05) is 24.2 Å². The Morgan fingerprint density at radius 3 is 2.20 bits per heavy atom. The van der Waals surface area contributed by atoms with E-state index in [1.807, 2.05) is 27.7 Å². The number of hydrogen-bond acceptors (Lipinski definition) is 2. The molecule has 1 fully saturated rings. The molecule has 0 unspecified atom stereocenters. The summed E-state index contributed by atoms with van der Waals surface area (Å²) in [5, 5.41) is 3.26. The third-order valence-electron chi connectivity index (χ3n) is 2.81. The first-order valence-corrected chi connectivity index (χ1v) is 5.09. The van der Waals surface area contributed by atoms with Crippen LogP contribution in [0.1, 0.15) is 27.7 Å². The number of piperazine rings is 1. The van der Waals surface area contributed by atoms with E-state index < -0.39 is 18.3 Å². The van der Waals surface area contributed by atoms with Crippen LogP contribution in [0.3, 0.4) is 0 Å². The second kappa shape index (κ2) is 3.63. The molecule has 0 aromatic rings. The average molecular weight is 224 g/mol. The van der Waals surface area contributed by atoms with Crippen LogP contribution in [-0.2, 0) is 0 Å². The summed E-state index contributed by atoms with van der Waals surface area (Å²) >= 11 is 0. The van der Waals surface area contributed by atoms with Crippen molar-refractivity contribution in [3.05, 3.63) is 0 Å². The lowest BCUT2D eigenvalue weighted by Crippen LogP contribution is -2.67. The molecule has 5 heteroatoms. The van der Waals surface area contributed by atoms with Crippen LogP contribution in [0, 0.1) is 0 Å². The van der Waals surface area contributed by atoms with Gasteiger partial charge < -0.3 is 5.32 Å². The minimum absolute atomic E-state index is 0.249. The van der Waals surface area contributed by atoms with Crippen molar-refractivity contribution in [2.75, 3.05) is 19.6 Å². The summed E-state index contributed by atoms with van der Waals surface area (Å²) in [5.41, 5.74) is -0.689. The standard InChI is InChI=1S/C10H19F3N2/c1-8(2)6-15(7-10(11,12)13)9(3,4)5-14-8/h14H,5-7H2,1-4H3. The third kappa shape index (κ3) is 3.65. The maximum atomic E-state index is 12.4. The van der Waals surface area contributed by atoms with Gasteiger partial charge in [-0.2, -0.15) is 13.2 Å². The largest absolute Gasteiger partial charge is 0.401 e. The van der Waals surface area contributed by atoms with Crippen LogP contribution in [0.15, 0.2) is 0 Å². The molecule has 1 rings (SSSR count). The van der Waals surface area contributed by atoms with Gasteiger partial charge in [0.1, 0.15) is 0 Å². The molecule has 0 spiro atoms. The number of nitrogens with one attached hydrogen (secondary N) is 1. The molecule has 90 valence electrons. The summed E-state index contributed by atoms with van der Waals surface area (Å²) in [5.74, 6) is 0. The second-order valence-corrected chi connectivity index (χ2v) is 5.52. The molecule has 0 radical (unpaired) electrons. The van der Waals surface area contributed by atoms with Crippen molar-refractivity contribution in [2.45, 2.75) is 44.9 Å².